The highest BCUT2D eigenvalue weighted by Crippen LogP contribution is 2.24. The van der Waals surface area contributed by atoms with E-state index in [1.165, 1.54) is 28.6 Å². The fraction of sp³-hybridized carbons (Fsp3) is 0.211. The zero-order chi connectivity index (χ0) is 18.0. The van der Waals surface area contributed by atoms with Crippen LogP contribution in [0, 0.1) is 0 Å². The highest BCUT2D eigenvalue weighted by atomic mass is 35.5. The van der Waals surface area contributed by atoms with Crippen molar-refractivity contribution in [1.82, 2.24) is 9.55 Å². The molecule has 6 heteroatoms. The van der Waals surface area contributed by atoms with Gasteiger partial charge in [0, 0.05) is 10.6 Å². The molecule has 0 aliphatic heterocycles. The second-order valence-corrected chi connectivity index (χ2v) is 6.68. The van der Waals surface area contributed by atoms with Crippen LogP contribution in [0.1, 0.15) is 29.3 Å². The van der Waals surface area contributed by atoms with Gasteiger partial charge >= 0.3 is 0 Å². The Morgan fingerprint density at radius 2 is 1.88 bits per heavy atom. The lowest BCUT2D eigenvalue weighted by Gasteiger charge is -2.08. The van der Waals surface area contributed by atoms with E-state index < -0.39 is 0 Å². The van der Waals surface area contributed by atoms with Crippen LogP contribution in [0.5, 0.6) is 0 Å². The summed E-state index contributed by atoms with van der Waals surface area (Å²) in [6, 6.07) is 10.5. The molecule has 0 saturated carbocycles. The minimum absolute atomic E-state index is 0.0843. The first-order chi connectivity index (χ1) is 12.0. The molecule has 3 aromatic rings. The van der Waals surface area contributed by atoms with E-state index >= 15 is 0 Å². The molecule has 2 aromatic carbocycles. The Labute approximate surface area is 155 Å². The predicted octanol–water partition coefficient (Wildman–Crippen LogP) is 4.54. The molecular weight excluding hydrogens is 359 g/mol. The highest BCUT2D eigenvalue weighted by Gasteiger charge is 2.12. The molecule has 128 valence electrons. The summed E-state index contributed by atoms with van der Waals surface area (Å²) < 4.78 is 1.28. The molecule has 1 aromatic heterocycles. The molecule has 0 amide bonds. The van der Waals surface area contributed by atoms with Gasteiger partial charge in [0.25, 0.3) is 5.56 Å². The molecule has 0 aliphatic carbocycles. The lowest BCUT2D eigenvalue weighted by atomic mass is 10.1. The van der Waals surface area contributed by atoms with E-state index in [0.717, 1.165) is 12.8 Å². The number of halogens is 2. The van der Waals surface area contributed by atoms with Crippen molar-refractivity contribution in [2.75, 3.05) is 0 Å². The first-order valence-corrected chi connectivity index (χ1v) is 8.71. The fourth-order valence-electron chi connectivity index (χ4n) is 2.70. The quantitative estimate of drug-likeness (QED) is 0.616. The van der Waals surface area contributed by atoms with Crippen LogP contribution >= 0.6 is 23.2 Å². The summed E-state index contributed by atoms with van der Waals surface area (Å²) >= 11 is 12.0. The maximum absolute atomic E-state index is 12.6. The van der Waals surface area contributed by atoms with Crippen LogP contribution in [0.2, 0.25) is 10.0 Å². The maximum atomic E-state index is 12.6. The number of aryl methyl sites for hydroxylation is 1. The average molecular weight is 375 g/mol. The van der Waals surface area contributed by atoms with E-state index in [0.29, 0.717) is 26.5 Å². The van der Waals surface area contributed by atoms with Gasteiger partial charge < -0.3 is 0 Å². The summed E-state index contributed by atoms with van der Waals surface area (Å²) in [4.78, 5) is 29.2. The van der Waals surface area contributed by atoms with Crippen molar-refractivity contribution >= 4 is 39.9 Å². The SMILES string of the molecule is CCCc1ccc(C(=O)Cn2cnc3c(Cl)cc(Cl)cc3c2=O)cc1. The van der Waals surface area contributed by atoms with Crippen LogP contribution < -0.4 is 5.56 Å². The molecule has 0 spiro atoms. The molecule has 0 aliphatic rings. The van der Waals surface area contributed by atoms with Gasteiger partial charge in [0.15, 0.2) is 5.78 Å². The van der Waals surface area contributed by atoms with Crippen molar-refractivity contribution in [3.05, 3.63) is 74.3 Å². The lowest BCUT2D eigenvalue weighted by Crippen LogP contribution is -2.24. The van der Waals surface area contributed by atoms with Gasteiger partial charge in [-0.25, -0.2) is 4.98 Å². The molecule has 0 N–H and O–H groups in total. The van der Waals surface area contributed by atoms with Gasteiger partial charge in [-0.3, -0.25) is 14.2 Å². The summed E-state index contributed by atoms with van der Waals surface area (Å²) in [7, 11) is 0. The largest absolute Gasteiger partial charge is 0.292 e. The third-order valence-corrected chi connectivity index (χ3v) is 4.48. The summed E-state index contributed by atoms with van der Waals surface area (Å²) in [5.41, 5.74) is 1.79. The number of carbonyl (C=O) groups is 1. The zero-order valence-corrected chi connectivity index (χ0v) is 15.1. The van der Waals surface area contributed by atoms with Crippen molar-refractivity contribution in [2.24, 2.45) is 0 Å². The molecular formula is C19H16Cl2N2O2. The van der Waals surface area contributed by atoms with Crippen LogP contribution in [0.4, 0.5) is 0 Å². The molecule has 1 heterocycles. The van der Waals surface area contributed by atoms with Crippen LogP contribution in [0.3, 0.4) is 0 Å². The molecule has 0 saturated heterocycles. The zero-order valence-electron chi connectivity index (χ0n) is 13.6. The van der Waals surface area contributed by atoms with E-state index in [1.54, 1.807) is 12.1 Å². The summed E-state index contributed by atoms with van der Waals surface area (Å²) in [5.74, 6) is -0.153. The minimum Gasteiger partial charge on any atom is -0.292 e. The smallest absolute Gasteiger partial charge is 0.261 e. The third kappa shape index (κ3) is 3.75. The summed E-state index contributed by atoms with van der Waals surface area (Å²) in [6.45, 7) is 2.02. The number of nitrogens with zero attached hydrogens (tertiary/aromatic N) is 2. The van der Waals surface area contributed by atoms with Crippen LogP contribution in [-0.4, -0.2) is 15.3 Å². The molecule has 0 fully saturated rings. The second kappa shape index (κ2) is 7.38. The van der Waals surface area contributed by atoms with Gasteiger partial charge in [-0.2, -0.15) is 0 Å². The molecule has 25 heavy (non-hydrogen) atoms. The lowest BCUT2D eigenvalue weighted by molar-refractivity contribution is 0.0970. The van der Waals surface area contributed by atoms with Crippen LogP contribution in [0.15, 0.2) is 47.5 Å². The Morgan fingerprint density at radius 1 is 1.16 bits per heavy atom. The van der Waals surface area contributed by atoms with Crippen molar-refractivity contribution in [3.63, 3.8) is 0 Å². The monoisotopic (exact) mass is 374 g/mol. The number of rotatable bonds is 5. The number of hydrogen-bond donors (Lipinski definition) is 0. The molecule has 0 radical (unpaired) electrons. The minimum atomic E-state index is -0.342. The Kier molecular flexibility index (Phi) is 5.21. The Balaban J connectivity index is 1.91. The standard InChI is InChI=1S/C19H16Cl2N2O2/c1-2-3-12-4-6-13(7-5-12)17(24)10-23-11-22-18-15(19(23)25)8-14(20)9-16(18)21/h4-9,11H,2-3,10H2,1H3. The fourth-order valence-corrected chi connectivity index (χ4v) is 3.24. The number of ketones is 1. The molecule has 4 nitrogen and oxygen atoms in total. The number of fused-ring (bicyclic) bond motifs is 1. The van der Waals surface area contributed by atoms with E-state index in [4.69, 9.17) is 23.2 Å². The number of hydrogen-bond acceptors (Lipinski definition) is 3. The molecule has 0 unspecified atom stereocenters. The van der Waals surface area contributed by atoms with Crippen LogP contribution in [0.25, 0.3) is 10.9 Å². The van der Waals surface area contributed by atoms with Crippen molar-refractivity contribution in [2.45, 2.75) is 26.3 Å². The number of aromatic nitrogens is 2. The topological polar surface area (TPSA) is 52.0 Å². The highest BCUT2D eigenvalue weighted by molar-refractivity contribution is 6.38. The Morgan fingerprint density at radius 3 is 2.56 bits per heavy atom. The number of benzene rings is 2. The molecule has 0 atom stereocenters. The van der Waals surface area contributed by atoms with Crippen molar-refractivity contribution < 1.29 is 4.79 Å². The molecule has 0 bridgehead atoms. The average Bonchev–Trinajstić information content (AvgIpc) is 2.58. The van der Waals surface area contributed by atoms with Gasteiger partial charge in [-0.05, 0) is 24.1 Å². The summed E-state index contributed by atoms with van der Waals surface area (Å²) in [5, 5.41) is 0.961. The van der Waals surface area contributed by atoms with Crippen molar-refractivity contribution in [3.8, 4) is 0 Å². The first-order valence-electron chi connectivity index (χ1n) is 7.96. The van der Waals surface area contributed by atoms with Gasteiger partial charge in [-0.1, -0.05) is 60.8 Å². The van der Waals surface area contributed by atoms with Gasteiger partial charge in [0.1, 0.15) is 0 Å². The number of carbonyl (C=O) groups excluding carboxylic acids is 1. The third-order valence-electron chi connectivity index (χ3n) is 3.97. The van der Waals surface area contributed by atoms with E-state index in [-0.39, 0.29) is 17.9 Å². The second-order valence-electron chi connectivity index (χ2n) is 5.83. The van der Waals surface area contributed by atoms with E-state index in [1.807, 2.05) is 12.1 Å². The van der Waals surface area contributed by atoms with E-state index in [2.05, 4.69) is 11.9 Å². The van der Waals surface area contributed by atoms with Gasteiger partial charge in [0.2, 0.25) is 0 Å². The number of Topliss-reactive ketones (excluding diaryl/α,β-unsaturated/α-hetero) is 1. The van der Waals surface area contributed by atoms with E-state index in [9.17, 15) is 9.59 Å². The van der Waals surface area contributed by atoms with Crippen LogP contribution in [-0.2, 0) is 13.0 Å². The van der Waals surface area contributed by atoms with Gasteiger partial charge in [0.05, 0.1) is 28.8 Å². The van der Waals surface area contributed by atoms with Gasteiger partial charge in [-0.15, -0.1) is 0 Å². The molecule has 3 rings (SSSR count). The maximum Gasteiger partial charge on any atom is 0.261 e. The Bertz CT molecular complexity index is 995. The first kappa shape index (κ1) is 17.6. The summed E-state index contributed by atoms with van der Waals surface area (Å²) in [6.07, 6.45) is 3.37. The predicted molar refractivity (Wildman–Crippen MR) is 101 cm³/mol. The Hall–Kier alpha value is -2.17. The van der Waals surface area contributed by atoms with Crippen molar-refractivity contribution in [1.29, 1.82) is 0 Å². The normalized spacial score (nSPS) is 11.0.